The van der Waals surface area contributed by atoms with Crippen molar-refractivity contribution in [2.75, 3.05) is 19.1 Å². The van der Waals surface area contributed by atoms with Gasteiger partial charge < -0.3 is 14.0 Å². The summed E-state index contributed by atoms with van der Waals surface area (Å²) < 4.78 is 13.9. The largest absolute Gasteiger partial charge is 0.497 e. The van der Waals surface area contributed by atoms with Crippen molar-refractivity contribution in [1.29, 1.82) is 0 Å². The van der Waals surface area contributed by atoms with Crippen molar-refractivity contribution in [2.24, 2.45) is 5.41 Å². The second-order valence-electron chi connectivity index (χ2n) is 8.45. The van der Waals surface area contributed by atoms with Crippen molar-refractivity contribution in [3.63, 3.8) is 0 Å². The van der Waals surface area contributed by atoms with Crippen LogP contribution in [-0.2, 0) is 0 Å². The van der Waals surface area contributed by atoms with Crippen LogP contribution in [0.25, 0.3) is 5.69 Å². The molecule has 6 heteroatoms. The highest BCUT2D eigenvalue weighted by Crippen LogP contribution is 2.48. The molecule has 0 saturated carbocycles. The number of nitrogens with zero attached hydrogens (tertiary/aromatic N) is 2. The highest BCUT2D eigenvalue weighted by Gasteiger charge is 2.42. The SMILES string of the molecule is COc1ccc(C(=O)N2c3cc(Br)ccc3-n3cccc3C2C(C)(C)C)c(OC)c1. The molecule has 1 aliphatic rings. The molecule has 0 saturated heterocycles. The van der Waals surface area contributed by atoms with Crippen molar-refractivity contribution in [1.82, 2.24) is 4.57 Å². The van der Waals surface area contributed by atoms with E-state index in [0.717, 1.165) is 21.5 Å². The number of amides is 1. The normalized spacial score (nSPS) is 15.4. The molecule has 3 aromatic rings. The minimum Gasteiger partial charge on any atom is -0.497 e. The number of anilines is 1. The summed E-state index contributed by atoms with van der Waals surface area (Å²) in [7, 11) is 3.16. The van der Waals surface area contributed by atoms with Gasteiger partial charge >= 0.3 is 0 Å². The molecule has 156 valence electrons. The number of rotatable bonds is 3. The molecule has 0 aliphatic carbocycles. The van der Waals surface area contributed by atoms with Gasteiger partial charge in [0, 0.05) is 22.4 Å². The van der Waals surface area contributed by atoms with Gasteiger partial charge in [0.25, 0.3) is 5.91 Å². The first-order chi connectivity index (χ1) is 14.3. The molecule has 0 bridgehead atoms. The average Bonchev–Trinajstić information content (AvgIpc) is 3.20. The van der Waals surface area contributed by atoms with E-state index in [1.807, 2.05) is 29.2 Å². The van der Waals surface area contributed by atoms with Crippen LogP contribution in [0.4, 0.5) is 5.69 Å². The Bertz CT molecular complexity index is 1110. The fourth-order valence-electron chi connectivity index (χ4n) is 4.16. The van der Waals surface area contributed by atoms with Gasteiger partial charge in [0.05, 0.1) is 37.2 Å². The number of aromatic nitrogens is 1. The number of hydrogen-bond donors (Lipinski definition) is 0. The maximum Gasteiger partial charge on any atom is 0.262 e. The fraction of sp³-hybridized carbons (Fsp3) is 0.292. The number of hydrogen-bond acceptors (Lipinski definition) is 3. The number of ether oxygens (including phenoxy) is 2. The molecule has 2 aromatic carbocycles. The zero-order valence-electron chi connectivity index (χ0n) is 17.8. The van der Waals surface area contributed by atoms with Gasteiger partial charge in [-0.1, -0.05) is 36.7 Å². The molecule has 4 rings (SSSR count). The van der Waals surface area contributed by atoms with Crippen LogP contribution in [0.1, 0.15) is 42.9 Å². The van der Waals surface area contributed by atoms with Gasteiger partial charge in [0.2, 0.25) is 0 Å². The van der Waals surface area contributed by atoms with Crippen molar-refractivity contribution in [3.8, 4) is 17.2 Å². The summed E-state index contributed by atoms with van der Waals surface area (Å²) >= 11 is 3.58. The van der Waals surface area contributed by atoms with Crippen molar-refractivity contribution in [3.05, 3.63) is 70.5 Å². The zero-order valence-corrected chi connectivity index (χ0v) is 19.4. The van der Waals surface area contributed by atoms with E-state index >= 15 is 0 Å². The minimum atomic E-state index is -0.203. The van der Waals surface area contributed by atoms with Gasteiger partial charge in [-0.25, -0.2) is 0 Å². The maximum absolute atomic E-state index is 14.0. The first kappa shape index (κ1) is 20.5. The van der Waals surface area contributed by atoms with Crippen LogP contribution in [-0.4, -0.2) is 24.7 Å². The molecule has 0 radical (unpaired) electrons. The number of fused-ring (bicyclic) bond motifs is 3. The Morgan fingerprint density at radius 1 is 1.00 bits per heavy atom. The minimum absolute atomic E-state index is 0.110. The molecular formula is C24H25BrN2O3. The topological polar surface area (TPSA) is 43.7 Å². The summed E-state index contributed by atoms with van der Waals surface area (Å²) in [6.45, 7) is 6.47. The third kappa shape index (κ3) is 3.29. The van der Waals surface area contributed by atoms with Crippen LogP contribution in [0.3, 0.4) is 0 Å². The lowest BCUT2D eigenvalue weighted by molar-refractivity contribution is 0.0947. The van der Waals surface area contributed by atoms with Crippen LogP contribution in [0.5, 0.6) is 11.5 Å². The number of carbonyl (C=O) groups is 1. The highest BCUT2D eigenvalue weighted by molar-refractivity contribution is 9.10. The summed E-state index contributed by atoms with van der Waals surface area (Å²) in [5.74, 6) is 1.03. The maximum atomic E-state index is 14.0. The van der Waals surface area contributed by atoms with E-state index in [9.17, 15) is 4.79 Å². The van der Waals surface area contributed by atoms with Gasteiger partial charge in [0.15, 0.2) is 0 Å². The number of methoxy groups -OCH3 is 2. The van der Waals surface area contributed by atoms with E-state index in [0.29, 0.717) is 17.1 Å². The van der Waals surface area contributed by atoms with Gasteiger partial charge in [0.1, 0.15) is 11.5 Å². The molecule has 1 unspecified atom stereocenters. The van der Waals surface area contributed by atoms with Crippen LogP contribution >= 0.6 is 15.9 Å². The lowest BCUT2D eigenvalue weighted by Gasteiger charge is -2.44. The Hall–Kier alpha value is -2.73. The van der Waals surface area contributed by atoms with E-state index in [1.54, 1.807) is 32.4 Å². The zero-order chi connectivity index (χ0) is 21.6. The molecule has 5 nitrogen and oxygen atoms in total. The van der Waals surface area contributed by atoms with Crippen LogP contribution in [0.2, 0.25) is 0 Å². The molecule has 30 heavy (non-hydrogen) atoms. The van der Waals surface area contributed by atoms with Crippen molar-refractivity contribution >= 4 is 27.5 Å². The molecule has 0 fully saturated rings. The summed E-state index contributed by atoms with van der Waals surface area (Å²) in [6.07, 6.45) is 2.05. The Morgan fingerprint density at radius 2 is 1.77 bits per heavy atom. The first-order valence-electron chi connectivity index (χ1n) is 9.79. The third-order valence-electron chi connectivity index (χ3n) is 5.45. The third-order valence-corrected chi connectivity index (χ3v) is 5.95. The summed E-state index contributed by atoms with van der Waals surface area (Å²) in [5.41, 5.74) is 3.21. The molecule has 1 atom stereocenters. The molecule has 2 heterocycles. The van der Waals surface area contributed by atoms with E-state index in [-0.39, 0.29) is 17.4 Å². The molecular weight excluding hydrogens is 444 g/mol. The smallest absolute Gasteiger partial charge is 0.262 e. The predicted octanol–water partition coefficient (Wildman–Crippen LogP) is 6.00. The van der Waals surface area contributed by atoms with E-state index < -0.39 is 0 Å². The monoisotopic (exact) mass is 468 g/mol. The van der Waals surface area contributed by atoms with Gasteiger partial charge in [-0.05, 0) is 47.9 Å². The van der Waals surface area contributed by atoms with E-state index in [4.69, 9.17) is 9.47 Å². The number of halogens is 1. The lowest BCUT2D eigenvalue weighted by atomic mass is 9.81. The van der Waals surface area contributed by atoms with Gasteiger partial charge in [-0.2, -0.15) is 0 Å². The van der Waals surface area contributed by atoms with Crippen LogP contribution < -0.4 is 14.4 Å². The Morgan fingerprint density at radius 3 is 2.43 bits per heavy atom. The Kier molecular flexibility index (Phi) is 5.14. The quantitative estimate of drug-likeness (QED) is 0.472. The highest BCUT2D eigenvalue weighted by atomic mass is 79.9. The molecule has 0 spiro atoms. The lowest BCUT2D eigenvalue weighted by Crippen LogP contribution is -2.45. The van der Waals surface area contributed by atoms with Crippen molar-refractivity contribution in [2.45, 2.75) is 26.8 Å². The molecule has 1 aromatic heterocycles. The number of benzene rings is 2. The standard InChI is InChI=1S/C24H25BrN2O3/c1-24(2,3)22-19-7-6-12-26(19)18-11-8-15(25)13-20(18)27(22)23(28)17-10-9-16(29-4)14-21(17)30-5/h6-14,22H,1-5H3. The van der Waals surface area contributed by atoms with E-state index in [1.165, 1.54) is 0 Å². The van der Waals surface area contributed by atoms with Gasteiger partial charge in [-0.3, -0.25) is 9.69 Å². The first-order valence-corrected chi connectivity index (χ1v) is 10.6. The molecule has 0 N–H and O–H groups in total. The van der Waals surface area contributed by atoms with Crippen molar-refractivity contribution < 1.29 is 14.3 Å². The summed E-state index contributed by atoms with van der Waals surface area (Å²) in [6, 6.07) is 15.3. The Labute approximate surface area is 185 Å². The second kappa shape index (κ2) is 7.51. The summed E-state index contributed by atoms with van der Waals surface area (Å²) in [5, 5.41) is 0. The number of carbonyl (C=O) groups excluding carboxylic acids is 1. The fourth-order valence-corrected chi connectivity index (χ4v) is 4.51. The van der Waals surface area contributed by atoms with Gasteiger partial charge in [-0.15, -0.1) is 0 Å². The summed E-state index contributed by atoms with van der Waals surface area (Å²) in [4.78, 5) is 15.9. The average molecular weight is 469 g/mol. The molecule has 1 aliphatic heterocycles. The van der Waals surface area contributed by atoms with Crippen LogP contribution in [0.15, 0.2) is 59.2 Å². The molecule has 1 amide bonds. The predicted molar refractivity (Wildman–Crippen MR) is 122 cm³/mol. The van der Waals surface area contributed by atoms with E-state index in [2.05, 4.69) is 53.5 Å². The second-order valence-corrected chi connectivity index (χ2v) is 9.36. The van der Waals surface area contributed by atoms with Crippen LogP contribution in [0, 0.1) is 5.41 Å². The Balaban J connectivity index is 1.95.